The quantitative estimate of drug-likeness (QED) is 0.533. The summed E-state index contributed by atoms with van der Waals surface area (Å²) in [5, 5.41) is 1.28. The average molecular weight is 287 g/mol. The number of rotatable bonds is 3. The topological polar surface area (TPSA) is 4.93 Å². The lowest BCUT2D eigenvalue weighted by Crippen LogP contribution is -1.97. The average Bonchev–Trinajstić information content (AvgIpc) is 2.80. The Hall–Kier alpha value is -2.54. The Bertz CT molecular complexity index is 878. The number of aryl methyl sites for hydroxylation is 1. The van der Waals surface area contributed by atoms with E-state index in [4.69, 9.17) is 0 Å². The van der Waals surface area contributed by atoms with E-state index in [1.807, 2.05) is 6.08 Å². The Balaban J connectivity index is 2.36. The van der Waals surface area contributed by atoms with E-state index in [9.17, 15) is 0 Å². The second-order valence-corrected chi connectivity index (χ2v) is 5.78. The summed E-state index contributed by atoms with van der Waals surface area (Å²) in [4.78, 5) is 0. The standard InChI is InChI=1S/C21H21N/c1-5-15(2)14-20-17(4)22(18-10-8-9-16(3)13-18)21-12-7-6-11-19(20)21/h5-14H,1H2,2-4H3/b15-14-. The van der Waals surface area contributed by atoms with Gasteiger partial charge in [0.25, 0.3) is 0 Å². The third-order valence-corrected chi connectivity index (χ3v) is 4.11. The molecule has 3 rings (SSSR count). The second kappa shape index (κ2) is 5.69. The fourth-order valence-electron chi connectivity index (χ4n) is 2.96. The van der Waals surface area contributed by atoms with Crippen LogP contribution >= 0.6 is 0 Å². The number of aromatic nitrogens is 1. The third kappa shape index (κ3) is 2.39. The Morgan fingerprint density at radius 1 is 1.05 bits per heavy atom. The van der Waals surface area contributed by atoms with Gasteiger partial charge in [-0.15, -0.1) is 0 Å². The van der Waals surface area contributed by atoms with Crippen LogP contribution in [0.4, 0.5) is 0 Å². The van der Waals surface area contributed by atoms with Gasteiger partial charge in [0.1, 0.15) is 0 Å². The summed E-state index contributed by atoms with van der Waals surface area (Å²) >= 11 is 0. The van der Waals surface area contributed by atoms with Gasteiger partial charge in [0.15, 0.2) is 0 Å². The molecule has 1 heterocycles. The molecule has 0 aliphatic heterocycles. The third-order valence-electron chi connectivity index (χ3n) is 4.11. The Morgan fingerprint density at radius 2 is 1.82 bits per heavy atom. The van der Waals surface area contributed by atoms with Gasteiger partial charge in [0, 0.05) is 22.3 Å². The van der Waals surface area contributed by atoms with Crippen molar-refractivity contribution < 1.29 is 0 Å². The van der Waals surface area contributed by atoms with Gasteiger partial charge < -0.3 is 4.57 Å². The maximum Gasteiger partial charge on any atom is 0.0537 e. The molecule has 110 valence electrons. The highest BCUT2D eigenvalue weighted by Crippen LogP contribution is 2.31. The molecule has 0 unspecified atom stereocenters. The minimum absolute atomic E-state index is 1.18. The summed E-state index contributed by atoms with van der Waals surface area (Å²) in [5.74, 6) is 0. The molecule has 0 N–H and O–H groups in total. The summed E-state index contributed by atoms with van der Waals surface area (Å²) in [7, 11) is 0. The number of allylic oxidation sites excluding steroid dienone is 2. The molecule has 0 amide bonds. The van der Waals surface area contributed by atoms with Gasteiger partial charge in [0.2, 0.25) is 0 Å². The zero-order valence-electron chi connectivity index (χ0n) is 13.4. The van der Waals surface area contributed by atoms with Crippen molar-refractivity contribution in [2.45, 2.75) is 20.8 Å². The van der Waals surface area contributed by atoms with Gasteiger partial charge in [-0.1, -0.05) is 48.6 Å². The minimum Gasteiger partial charge on any atom is -0.313 e. The molecule has 0 spiro atoms. The Labute approximate surface area is 132 Å². The summed E-state index contributed by atoms with van der Waals surface area (Å²) in [6.45, 7) is 10.3. The molecule has 0 radical (unpaired) electrons. The van der Waals surface area contributed by atoms with E-state index < -0.39 is 0 Å². The summed E-state index contributed by atoms with van der Waals surface area (Å²) in [6, 6.07) is 17.2. The molecule has 1 nitrogen and oxygen atoms in total. The molecule has 1 heteroatoms. The van der Waals surface area contributed by atoms with Crippen LogP contribution in [0.25, 0.3) is 22.7 Å². The van der Waals surface area contributed by atoms with E-state index in [0.29, 0.717) is 0 Å². The molecular weight excluding hydrogens is 266 g/mol. The predicted octanol–water partition coefficient (Wildman–Crippen LogP) is 5.84. The Morgan fingerprint density at radius 3 is 2.55 bits per heavy atom. The maximum absolute atomic E-state index is 3.87. The second-order valence-electron chi connectivity index (χ2n) is 5.78. The maximum atomic E-state index is 3.87. The monoisotopic (exact) mass is 287 g/mol. The summed E-state index contributed by atoms with van der Waals surface area (Å²) < 4.78 is 2.34. The van der Waals surface area contributed by atoms with Gasteiger partial charge >= 0.3 is 0 Å². The molecule has 0 aliphatic rings. The number of benzene rings is 2. The molecule has 0 saturated carbocycles. The molecule has 0 aliphatic carbocycles. The van der Waals surface area contributed by atoms with Crippen molar-refractivity contribution in [2.75, 3.05) is 0 Å². The number of fused-ring (bicyclic) bond motifs is 1. The molecule has 22 heavy (non-hydrogen) atoms. The first-order chi connectivity index (χ1) is 10.6. The first-order valence-electron chi connectivity index (χ1n) is 7.59. The number of nitrogens with zero attached hydrogens (tertiary/aromatic N) is 1. The first-order valence-corrected chi connectivity index (χ1v) is 7.59. The van der Waals surface area contributed by atoms with Crippen LogP contribution in [0.1, 0.15) is 23.7 Å². The fourth-order valence-corrected chi connectivity index (χ4v) is 2.96. The number of hydrogen-bond donors (Lipinski definition) is 0. The molecule has 0 atom stereocenters. The normalized spacial score (nSPS) is 11.9. The van der Waals surface area contributed by atoms with Gasteiger partial charge in [-0.25, -0.2) is 0 Å². The number of hydrogen-bond acceptors (Lipinski definition) is 0. The minimum atomic E-state index is 1.18. The molecule has 0 bridgehead atoms. The van der Waals surface area contributed by atoms with E-state index >= 15 is 0 Å². The molecule has 0 fully saturated rings. The molecule has 3 aromatic rings. The van der Waals surface area contributed by atoms with Crippen LogP contribution in [0, 0.1) is 13.8 Å². The zero-order chi connectivity index (χ0) is 15.7. The van der Waals surface area contributed by atoms with Crippen molar-refractivity contribution in [2.24, 2.45) is 0 Å². The molecular formula is C21H21N. The summed E-state index contributed by atoms with van der Waals surface area (Å²) in [5.41, 5.74) is 7.44. The van der Waals surface area contributed by atoms with E-state index in [-0.39, 0.29) is 0 Å². The van der Waals surface area contributed by atoms with Crippen LogP contribution in [-0.4, -0.2) is 4.57 Å². The first kappa shape index (κ1) is 14.4. The highest BCUT2D eigenvalue weighted by Gasteiger charge is 2.13. The van der Waals surface area contributed by atoms with E-state index in [1.165, 1.54) is 39.0 Å². The molecule has 1 aromatic heterocycles. The van der Waals surface area contributed by atoms with Gasteiger partial charge in [-0.3, -0.25) is 0 Å². The van der Waals surface area contributed by atoms with Crippen LogP contribution in [0.2, 0.25) is 0 Å². The van der Waals surface area contributed by atoms with Crippen molar-refractivity contribution in [3.63, 3.8) is 0 Å². The van der Waals surface area contributed by atoms with Crippen LogP contribution in [-0.2, 0) is 0 Å². The van der Waals surface area contributed by atoms with E-state index in [1.54, 1.807) is 0 Å². The van der Waals surface area contributed by atoms with Crippen LogP contribution in [0.15, 0.2) is 66.8 Å². The van der Waals surface area contributed by atoms with Gasteiger partial charge in [-0.2, -0.15) is 0 Å². The predicted molar refractivity (Wildman–Crippen MR) is 96.6 cm³/mol. The van der Waals surface area contributed by atoms with Crippen LogP contribution in [0.5, 0.6) is 0 Å². The number of para-hydroxylation sites is 1. The SMILES string of the molecule is C=C/C(C)=C\c1c(C)n(-c2cccc(C)c2)c2ccccc12. The van der Waals surface area contributed by atoms with Crippen molar-refractivity contribution in [1.29, 1.82) is 0 Å². The lowest BCUT2D eigenvalue weighted by Gasteiger charge is -2.09. The van der Waals surface area contributed by atoms with Crippen molar-refractivity contribution >= 4 is 17.0 Å². The lowest BCUT2D eigenvalue weighted by atomic mass is 10.1. The Kier molecular flexibility index (Phi) is 3.72. The molecule has 0 saturated heterocycles. The van der Waals surface area contributed by atoms with Crippen molar-refractivity contribution in [3.8, 4) is 5.69 Å². The van der Waals surface area contributed by atoms with Gasteiger partial charge in [-0.05, 0) is 50.6 Å². The smallest absolute Gasteiger partial charge is 0.0537 e. The van der Waals surface area contributed by atoms with E-state index in [2.05, 4.69) is 86.5 Å². The van der Waals surface area contributed by atoms with Gasteiger partial charge in [0.05, 0.1) is 5.52 Å². The summed E-state index contributed by atoms with van der Waals surface area (Å²) in [6.07, 6.45) is 4.12. The van der Waals surface area contributed by atoms with E-state index in [0.717, 1.165) is 0 Å². The van der Waals surface area contributed by atoms with Crippen LogP contribution < -0.4 is 0 Å². The highest BCUT2D eigenvalue weighted by atomic mass is 15.0. The zero-order valence-corrected chi connectivity index (χ0v) is 13.4. The fraction of sp³-hybridized carbons (Fsp3) is 0.143. The lowest BCUT2D eigenvalue weighted by molar-refractivity contribution is 1.05. The largest absolute Gasteiger partial charge is 0.313 e. The van der Waals surface area contributed by atoms with Crippen molar-refractivity contribution in [3.05, 3.63) is 83.6 Å². The highest BCUT2D eigenvalue weighted by molar-refractivity contribution is 5.93. The van der Waals surface area contributed by atoms with Crippen LogP contribution in [0.3, 0.4) is 0 Å². The van der Waals surface area contributed by atoms with Crippen molar-refractivity contribution in [1.82, 2.24) is 4.57 Å². The molecule has 2 aromatic carbocycles.